The van der Waals surface area contributed by atoms with E-state index in [1.165, 1.54) is 0 Å². The smallest absolute Gasteiger partial charge is 0.262 e. The van der Waals surface area contributed by atoms with Gasteiger partial charge in [-0.3, -0.25) is 4.72 Å². The Hall–Kier alpha value is -2.08. The number of hydrogen-bond acceptors (Lipinski definition) is 4. The summed E-state index contributed by atoms with van der Waals surface area (Å²) in [5, 5.41) is 0. The number of rotatable bonds is 8. The van der Waals surface area contributed by atoms with E-state index in [9.17, 15) is 8.42 Å². The molecule has 0 aliphatic rings. The molecule has 0 unspecified atom stereocenters. The standard InChI is InChI=1S/C20H29N3O2S/c1-6-10-23(11-7-2)19-9-8-18(14-21-19)22-26(24,25)20-16(4)12-15(3)13-17(20)5/h8-9,12-14,22H,6-7,10-11H2,1-5H3. The van der Waals surface area contributed by atoms with Crippen LogP contribution in [0.3, 0.4) is 0 Å². The number of hydrogen-bond donors (Lipinski definition) is 1. The molecule has 1 aromatic heterocycles. The molecule has 2 rings (SSSR count). The van der Waals surface area contributed by atoms with Crippen molar-refractivity contribution in [3.05, 3.63) is 47.2 Å². The fourth-order valence-corrected chi connectivity index (χ4v) is 4.81. The van der Waals surface area contributed by atoms with Gasteiger partial charge in [-0.05, 0) is 56.9 Å². The third-order valence-electron chi connectivity index (χ3n) is 4.18. The van der Waals surface area contributed by atoms with E-state index < -0.39 is 10.0 Å². The van der Waals surface area contributed by atoms with E-state index in [4.69, 9.17) is 0 Å². The summed E-state index contributed by atoms with van der Waals surface area (Å²) in [6.45, 7) is 11.8. The predicted molar refractivity (Wildman–Crippen MR) is 108 cm³/mol. The van der Waals surface area contributed by atoms with Gasteiger partial charge in [0.2, 0.25) is 0 Å². The van der Waals surface area contributed by atoms with Gasteiger partial charge in [0.05, 0.1) is 16.8 Å². The molecule has 5 nitrogen and oxygen atoms in total. The number of nitrogens with one attached hydrogen (secondary N) is 1. The van der Waals surface area contributed by atoms with Crippen LogP contribution in [0.15, 0.2) is 35.4 Å². The van der Waals surface area contributed by atoms with E-state index >= 15 is 0 Å². The van der Waals surface area contributed by atoms with Crippen LogP contribution in [-0.2, 0) is 10.0 Å². The Bertz CT molecular complexity index is 817. The second-order valence-electron chi connectivity index (χ2n) is 6.73. The van der Waals surface area contributed by atoms with Gasteiger partial charge in [-0.15, -0.1) is 0 Å². The maximum absolute atomic E-state index is 12.8. The molecule has 0 amide bonds. The molecule has 0 fully saturated rings. The SMILES string of the molecule is CCCN(CCC)c1ccc(NS(=O)(=O)c2c(C)cc(C)cc2C)cn1. The minimum absolute atomic E-state index is 0.339. The molecular formula is C20H29N3O2S. The highest BCUT2D eigenvalue weighted by Gasteiger charge is 2.20. The number of aryl methyl sites for hydroxylation is 3. The normalized spacial score (nSPS) is 11.4. The van der Waals surface area contributed by atoms with Crippen LogP contribution in [0.1, 0.15) is 43.4 Å². The molecule has 0 atom stereocenters. The highest BCUT2D eigenvalue weighted by Crippen LogP contribution is 2.24. The van der Waals surface area contributed by atoms with Crippen molar-refractivity contribution in [2.24, 2.45) is 0 Å². The monoisotopic (exact) mass is 375 g/mol. The Labute approximate surface area is 157 Å². The molecule has 0 spiro atoms. The quantitative estimate of drug-likeness (QED) is 0.741. The van der Waals surface area contributed by atoms with Crippen LogP contribution < -0.4 is 9.62 Å². The summed E-state index contributed by atoms with van der Waals surface area (Å²) in [5.41, 5.74) is 3.02. The Kier molecular flexibility index (Phi) is 6.64. The van der Waals surface area contributed by atoms with Crippen LogP contribution in [0, 0.1) is 20.8 Å². The Morgan fingerprint density at radius 1 is 1.00 bits per heavy atom. The van der Waals surface area contributed by atoms with Crippen molar-refractivity contribution in [1.82, 2.24) is 4.98 Å². The van der Waals surface area contributed by atoms with Gasteiger partial charge < -0.3 is 4.90 Å². The number of anilines is 2. The first-order chi connectivity index (χ1) is 12.3. The zero-order valence-corrected chi connectivity index (χ0v) is 17.2. The Balaban J connectivity index is 2.25. The fourth-order valence-electron chi connectivity index (χ4n) is 3.31. The molecule has 26 heavy (non-hydrogen) atoms. The van der Waals surface area contributed by atoms with E-state index in [0.717, 1.165) is 48.4 Å². The second kappa shape index (κ2) is 8.54. The van der Waals surface area contributed by atoms with Gasteiger partial charge in [0.1, 0.15) is 5.82 Å². The van der Waals surface area contributed by atoms with E-state index in [1.54, 1.807) is 12.3 Å². The topological polar surface area (TPSA) is 62.3 Å². The van der Waals surface area contributed by atoms with Crippen LogP contribution >= 0.6 is 0 Å². The Morgan fingerprint density at radius 2 is 1.58 bits per heavy atom. The molecule has 0 saturated carbocycles. The lowest BCUT2D eigenvalue weighted by Crippen LogP contribution is -2.25. The van der Waals surface area contributed by atoms with Gasteiger partial charge in [-0.25, -0.2) is 13.4 Å². The maximum Gasteiger partial charge on any atom is 0.262 e. The second-order valence-corrected chi connectivity index (χ2v) is 8.34. The summed E-state index contributed by atoms with van der Waals surface area (Å²) < 4.78 is 28.3. The lowest BCUT2D eigenvalue weighted by Gasteiger charge is -2.22. The van der Waals surface area contributed by atoms with Crippen LogP contribution in [0.2, 0.25) is 0 Å². The first kappa shape index (κ1) is 20.2. The maximum atomic E-state index is 12.8. The van der Waals surface area contributed by atoms with E-state index in [1.807, 2.05) is 39.0 Å². The lowest BCUT2D eigenvalue weighted by molar-refractivity contribution is 0.600. The number of benzene rings is 1. The summed E-state index contributed by atoms with van der Waals surface area (Å²) in [6, 6.07) is 7.42. The van der Waals surface area contributed by atoms with Crippen LogP contribution in [0.5, 0.6) is 0 Å². The van der Waals surface area contributed by atoms with Gasteiger partial charge in [-0.2, -0.15) is 0 Å². The molecule has 0 aliphatic heterocycles. The lowest BCUT2D eigenvalue weighted by atomic mass is 10.1. The third kappa shape index (κ3) is 4.75. The van der Waals surface area contributed by atoms with E-state index in [2.05, 4.69) is 28.5 Å². The number of aromatic nitrogens is 1. The third-order valence-corrected chi connectivity index (χ3v) is 5.87. The molecule has 142 valence electrons. The molecule has 1 N–H and O–H groups in total. The predicted octanol–water partition coefficient (Wildman–Crippen LogP) is 4.43. The van der Waals surface area contributed by atoms with E-state index in [0.29, 0.717) is 10.6 Å². The zero-order chi connectivity index (χ0) is 19.3. The largest absolute Gasteiger partial charge is 0.357 e. The van der Waals surface area contributed by atoms with Crippen LogP contribution in [0.25, 0.3) is 0 Å². The molecule has 0 aliphatic carbocycles. The minimum atomic E-state index is -3.65. The molecule has 2 aromatic rings. The summed E-state index contributed by atoms with van der Waals surface area (Å²) >= 11 is 0. The highest BCUT2D eigenvalue weighted by atomic mass is 32.2. The average molecular weight is 376 g/mol. The van der Waals surface area contributed by atoms with E-state index in [-0.39, 0.29) is 0 Å². The van der Waals surface area contributed by atoms with Crippen LogP contribution in [0.4, 0.5) is 11.5 Å². The molecular weight excluding hydrogens is 346 g/mol. The van der Waals surface area contributed by atoms with Crippen molar-refractivity contribution < 1.29 is 8.42 Å². The van der Waals surface area contributed by atoms with Gasteiger partial charge in [0.15, 0.2) is 0 Å². The van der Waals surface area contributed by atoms with Crippen molar-refractivity contribution >= 4 is 21.5 Å². The number of pyridine rings is 1. The Morgan fingerprint density at radius 3 is 2.04 bits per heavy atom. The summed E-state index contributed by atoms with van der Waals surface area (Å²) in [4.78, 5) is 7.01. The highest BCUT2D eigenvalue weighted by molar-refractivity contribution is 7.92. The molecule has 1 aromatic carbocycles. The molecule has 0 bridgehead atoms. The molecule has 0 radical (unpaired) electrons. The fraction of sp³-hybridized carbons (Fsp3) is 0.450. The van der Waals surface area contributed by atoms with Gasteiger partial charge in [0.25, 0.3) is 10.0 Å². The van der Waals surface area contributed by atoms with Gasteiger partial charge >= 0.3 is 0 Å². The van der Waals surface area contributed by atoms with Crippen molar-refractivity contribution in [2.75, 3.05) is 22.7 Å². The number of sulfonamides is 1. The first-order valence-electron chi connectivity index (χ1n) is 9.10. The molecule has 1 heterocycles. The summed E-state index contributed by atoms with van der Waals surface area (Å²) in [6.07, 6.45) is 3.67. The van der Waals surface area contributed by atoms with Gasteiger partial charge in [-0.1, -0.05) is 31.5 Å². The molecule has 6 heteroatoms. The van der Waals surface area contributed by atoms with Crippen molar-refractivity contribution in [3.8, 4) is 0 Å². The minimum Gasteiger partial charge on any atom is -0.357 e. The van der Waals surface area contributed by atoms with Crippen molar-refractivity contribution in [2.45, 2.75) is 52.4 Å². The zero-order valence-electron chi connectivity index (χ0n) is 16.3. The first-order valence-corrected chi connectivity index (χ1v) is 10.6. The number of nitrogens with zero attached hydrogens (tertiary/aromatic N) is 2. The van der Waals surface area contributed by atoms with Crippen LogP contribution in [-0.4, -0.2) is 26.5 Å². The average Bonchev–Trinajstić information content (AvgIpc) is 2.53. The van der Waals surface area contributed by atoms with Crippen molar-refractivity contribution in [1.29, 1.82) is 0 Å². The molecule has 0 saturated heterocycles. The summed E-state index contributed by atoms with van der Waals surface area (Å²) in [7, 11) is -3.65. The summed E-state index contributed by atoms with van der Waals surface area (Å²) in [5.74, 6) is 0.874. The van der Waals surface area contributed by atoms with Crippen molar-refractivity contribution in [3.63, 3.8) is 0 Å². The van der Waals surface area contributed by atoms with Gasteiger partial charge in [0, 0.05) is 13.1 Å².